The summed E-state index contributed by atoms with van der Waals surface area (Å²) in [6.45, 7) is 1.69. The fourth-order valence-electron chi connectivity index (χ4n) is 3.97. The molecule has 3 aromatic rings. The number of amides is 2. The number of halogens is 2. The van der Waals surface area contributed by atoms with Crippen molar-refractivity contribution in [2.75, 3.05) is 19.6 Å². The van der Waals surface area contributed by atoms with E-state index >= 15 is 0 Å². The molecule has 2 heterocycles. The van der Waals surface area contributed by atoms with Crippen LogP contribution in [0.1, 0.15) is 17.5 Å². The van der Waals surface area contributed by atoms with Crippen LogP contribution in [0.3, 0.4) is 0 Å². The van der Waals surface area contributed by atoms with Crippen LogP contribution in [0.25, 0.3) is 10.9 Å². The second-order valence-electron chi connectivity index (χ2n) is 7.69. The fraction of sp³-hybridized carbons (Fsp3) is 0.304. The van der Waals surface area contributed by atoms with Crippen LogP contribution in [-0.2, 0) is 22.6 Å². The average Bonchev–Trinajstić information content (AvgIpc) is 3.16. The van der Waals surface area contributed by atoms with E-state index in [9.17, 15) is 18.4 Å². The zero-order chi connectivity index (χ0) is 21.8. The van der Waals surface area contributed by atoms with E-state index in [0.29, 0.717) is 31.6 Å². The SMILES string of the molecule is O=C(CC1C(=O)NCCN1Cc1ccc(F)c(F)c1)NCCc1c[nH]c2ccccc12. The highest BCUT2D eigenvalue weighted by molar-refractivity contribution is 5.89. The highest BCUT2D eigenvalue weighted by Crippen LogP contribution is 2.18. The molecule has 0 aliphatic carbocycles. The summed E-state index contributed by atoms with van der Waals surface area (Å²) in [4.78, 5) is 29.9. The van der Waals surface area contributed by atoms with Crippen molar-refractivity contribution >= 4 is 22.7 Å². The Bertz CT molecular complexity index is 1100. The predicted molar refractivity (Wildman–Crippen MR) is 113 cm³/mol. The molecule has 1 aliphatic rings. The van der Waals surface area contributed by atoms with Crippen molar-refractivity contribution in [1.29, 1.82) is 0 Å². The normalized spacial score (nSPS) is 17.0. The Hall–Kier alpha value is -3.26. The van der Waals surface area contributed by atoms with E-state index in [-0.39, 0.29) is 24.8 Å². The van der Waals surface area contributed by atoms with E-state index in [4.69, 9.17) is 0 Å². The third kappa shape index (κ3) is 4.91. The minimum atomic E-state index is -0.925. The summed E-state index contributed by atoms with van der Waals surface area (Å²) in [6, 6.07) is 11.0. The molecule has 4 rings (SSSR count). The zero-order valence-corrected chi connectivity index (χ0v) is 17.0. The summed E-state index contributed by atoms with van der Waals surface area (Å²) in [5, 5.41) is 6.78. The molecule has 1 atom stereocenters. The summed E-state index contributed by atoms with van der Waals surface area (Å²) in [5.74, 6) is -2.30. The number of carbonyl (C=O) groups excluding carboxylic acids is 2. The van der Waals surface area contributed by atoms with Crippen LogP contribution in [-0.4, -0.2) is 47.4 Å². The molecule has 2 amide bonds. The van der Waals surface area contributed by atoms with Crippen LogP contribution in [0.5, 0.6) is 0 Å². The maximum absolute atomic E-state index is 13.5. The van der Waals surface area contributed by atoms with E-state index in [2.05, 4.69) is 15.6 Å². The standard InChI is InChI=1S/C23H24F2N4O2/c24-18-6-5-15(11-19(18)25)14-29-10-9-27-23(31)21(29)12-22(30)26-8-7-16-13-28-20-4-2-1-3-17(16)20/h1-6,11,13,21,28H,7-10,12,14H2,(H,26,30)(H,27,31). The van der Waals surface area contributed by atoms with Gasteiger partial charge in [-0.15, -0.1) is 0 Å². The molecule has 1 unspecified atom stereocenters. The third-order valence-corrected chi connectivity index (χ3v) is 5.58. The van der Waals surface area contributed by atoms with Gasteiger partial charge in [0.1, 0.15) is 0 Å². The van der Waals surface area contributed by atoms with Crippen molar-refractivity contribution in [2.24, 2.45) is 0 Å². The number of nitrogens with one attached hydrogen (secondary N) is 3. The Balaban J connectivity index is 1.34. The van der Waals surface area contributed by atoms with Crippen molar-refractivity contribution in [2.45, 2.75) is 25.4 Å². The zero-order valence-electron chi connectivity index (χ0n) is 17.0. The lowest BCUT2D eigenvalue weighted by Gasteiger charge is -2.34. The first-order chi connectivity index (χ1) is 15.0. The molecular weight excluding hydrogens is 402 g/mol. The molecule has 2 aromatic carbocycles. The van der Waals surface area contributed by atoms with Gasteiger partial charge in [-0.25, -0.2) is 8.78 Å². The molecule has 0 bridgehead atoms. The summed E-state index contributed by atoms with van der Waals surface area (Å²) in [5.41, 5.74) is 2.72. The third-order valence-electron chi connectivity index (χ3n) is 5.58. The quantitative estimate of drug-likeness (QED) is 0.543. The van der Waals surface area contributed by atoms with Gasteiger partial charge in [-0.05, 0) is 35.7 Å². The molecule has 8 heteroatoms. The van der Waals surface area contributed by atoms with E-state index in [1.165, 1.54) is 6.07 Å². The second-order valence-corrected chi connectivity index (χ2v) is 7.69. The van der Waals surface area contributed by atoms with Crippen molar-refractivity contribution in [3.8, 4) is 0 Å². The van der Waals surface area contributed by atoms with Gasteiger partial charge in [0.05, 0.1) is 12.5 Å². The number of piperazine rings is 1. The Labute approximate surface area is 178 Å². The molecule has 1 aromatic heterocycles. The minimum absolute atomic E-state index is 0.00337. The smallest absolute Gasteiger partial charge is 0.237 e. The van der Waals surface area contributed by atoms with Crippen LogP contribution in [0.2, 0.25) is 0 Å². The van der Waals surface area contributed by atoms with Crippen LogP contribution >= 0.6 is 0 Å². The Morgan fingerprint density at radius 3 is 2.84 bits per heavy atom. The largest absolute Gasteiger partial charge is 0.361 e. The first-order valence-electron chi connectivity index (χ1n) is 10.3. The lowest BCUT2D eigenvalue weighted by atomic mass is 10.1. The first-order valence-corrected chi connectivity index (χ1v) is 10.3. The van der Waals surface area contributed by atoms with E-state index in [1.54, 1.807) is 0 Å². The van der Waals surface area contributed by atoms with Crippen LogP contribution in [0.4, 0.5) is 8.78 Å². The topological polar surface area (TPSA) is 77.2 Å². The molecular formula is C23H24F2N4O2. The lowest BCUT2D eigenvalue weighted by molar-refractivity contribution is -0.134. The number of rotatable bonds is 7. The van der Waals surface area contributed by atoms with Gasteiger partial charge in [0.25, 0.3) is 0 Å². The van der Waals surface area contributed by atoms with Gasteiger partial charge in [-0.3, -0.25) is 14.5 Å². The Morgan fingerprint density at radius 2 is 2.00 bits per heavy atom. The number of aromatic nitrogens is 1. The van der Waals surface area contributed by atoms with Gasteiger partial charge in [-0.1, -0.05) is 24.3 Å². The van der Waals surface area contributed by atoms with Crippen molar-refractivity contribution < 1.29 is 18.4 Å². The average molecular weight is 426 g/mol. The molecule has 3 N–H and O–H groups in total. The number of hydrogen-bond acceptors (Lipinski definition) is 3. The van der Waals surface area contributed by atoms with Crippen LogP contribution < -0.4 is 10.6 Å². The number of hydrogen-bond donors (Lipinski definition) is 3. The first kappa shape index (κ1) is 21.0. The molecule has 0 radical (unpaired) electrons. The van der Waals surface area contributed by atoms with Crippen LogP contribution in [0.15, 0.2) is 48.7 Å². The molecule has 1 saturated heterocycles. The summed E-state index contributed by atoms with van der Waals surface area (Å²) in [6.07, 6.45) is 2.61. The summed E-state index contributed by atoms with van der Waals surface area (Å²) in [7, 11) is 0. The van der Waals surface area contributed by atoms with Gasteiger partial charge in [0.15, 0.2) is 11.6 Å². The number of nitrogens with zero attached hydrogens (tertiary/aromatic N) is 1. The van der Waals surface area contributed by atoms with Crippen molar-refractivity contribution in [1.82, 2.24) is 20.5 Å². The number of para-hydroxylation sites is 1. The molecule has 162 valence electrons. The molecule has 1 aliphatic heterocycles. The van der Waals surface area contributed by atoms with Crippen molar-refractivity contribution in [3.05, 3.63) is 71.4 Å². The summed E-state index contributed by atoms with van der Waals surface area (Å²) >= 11 is 0. The molecule has 31 heavy (non-hydrogen) atoms. The highest BCUT2D eigenvalue weighted by Gasteiger charge is 2.31. The monoisotopic (exact) mass is 426 g/mol. The molecule has 6 nitrogen and oxygen atoms in total. The molecule has 0 saturated carbocycles. The van der Waals surface area contributed by atoms with E-state index in [0.717, 1.165) is 28.6 Å². The predicted octanol–water partition coefficient (Wildman–Crippen LogP) is 2.50. The number of benzene rings is 2. The van der Waals surface area contributed by atoms with Gasteiger partial charge in [0, 0.05) is 43.3 Å². The lowest BCUT2D eigenvalue weighted by Crippen LogP contribution is -2.56. The number of aromatic amines is 1. The van der Waals surface area contributed by atoms with Gasteiger partial charge >= 0.3 is 0 Å². The molecule has 1 fully saturated rings. The highest BCUT2D eigenvalue weighted by atomic mass is 19.2. The van der Waals surface area contributed by atoms with Gasteiger partial charge in [0.2, 0.25) is 11.8 Å². The maximum Gasteiger partial charge on any atom is 0.237 e. The van der Waals surface area contributed by atoms with Gasteiger partial charge < -0.3 is 15.6 Å². The second kappa shape index (κ2) is 9.26. The maximum atomic E-state index is 13.5. The van der Waals surface area contributed by atoms with E-state index in [1.807, 2.05) is 35.4 Å². The summed E-state index contributed by atoms with van der Waals surface area (Å²) < 4.78 is 26.7. The minimum Gasteiger partial charge on any atom is -0.361 e. The van der Waals surface area contributed by atoms with Crippen LogP contribution in [0, 0.1) is 11.6 Å². The number of fused-ring (bicyclic) bond motifs is 1. The van der Waals surface area contributed by atoms with Gasteiger partial charge in [-0.2, -0.15) is 0 Å². The van der Waals surface area contributed by atoms with Crippen molar-refractivity contribution in [3.63, 3.8) is 0 Å². The molecule has 0 spiro atoms. The Kier molecular flexibility index (Phi) is 6.27. The van der Waals surface area contributed by atoms with E-state index < -0.39 is 17.7 Å². The number of H-pyrrole nitrogens is 1. The fourth-order valence-corrected chi connectivity index (χ4v) is 3.97. The number of carbonyl (C=O) groups is 2. The Morgan fingerprint density at radius 1 is 1.16 bits per heavy atom.